The fraction of sp³-hybridized carbons (Fsp3) is 0.385. The minimum atomic E-state index is -0.516. The van der Waals surface area contributed by atoms with Crippen LogP contribution < -0.4 is 4.90 Å². The molecule has 20 heavy (non-hydrogen) atoms. The van der Waals surface area contributed by atoms with Crippen LogP contribution in [0, 0.1) is 10.1 Å². The number of carbonyl (C=O) groups excluding carboxylic acids is 1. The summed E-state index contributed by atoms with van der Waals surface area (Å²) >= 11 is 0. The average Bonchev–Trinajstić information content (AvgIpc) is 2.48. The van der Waals surface area contributed by atoms with Crippen molar-refractivity contribution < 1.29 is 9.72 Å². The maximum absolute atomic E-state index is 11.7. The van der Waals surface area contributed by atoms with E-state index in [4.69, 9.17) is 0 Å². The van der Waals surface area contributed by atoms with Crippen molar-refractivity contribution in [3.63, 3.8) is 0 Å². The highest BCUT2D eigenvalue weighted by Crippen LogP contribution is 2.18. The average molecular weight is 276 g/mol. The number of amides is 1. The van der Waals surface area contributed by atoms with Gasteiger partial charge in [0.1, 0.15) is 0 Å². The number of allylic oxidation sites excluding steroid dienone is 1. The Bertz CT molecular complexity index is 519. The molecule has 1 aromatic heterocycles. The zero-order valence-electron chi connectivity index (χ0n) is 11.2. The van der Waals surface area contributed by atoms with Crippen molar-refractivity contribution in [3.05, 3.63) is 40.6 Å². The lowest BCUT2D eigenvalue weighted by atomic mass is 10.2. The number of nitrogens with zero attached hydrogens (tertiary/aromatic N) is 4. The Labute approximate surface area is 116 Å². The second-order valence-corrected chi connectivity index (χ2v) is 4.44. The molecule has 2 rings (SSSR count). The third-order valence-corrected chi connectivity index (χ3v) is 3.19. The number of nitro groups is 1. The standard InChI is InChI=1S/C13H16N4O3/c1-2-3-13(18)16-8-6-15(7-9-16)11-4-5-12(14-10-11)17(19)20/h2-5,10H,6-9H2,1H3/b3-2+. The molecule has 1 amide bonds. The van der Waals surface area contributed by atoms with Gasteiger partial charge >= 0.3 is 5.82 Å². The molecule has 0 atom stereocenters. The lowest BCUT2D eigenvalue weighted by Crippen LogP contribution is -2.48. The van der Waals surface area contributed by atoms with Gasteiger partial charge in [-0.25, -0.2) is 0 Å². The van der Waals surface area contributed by atoms with E-state index in [1.54, 1.807) is 23.1 Å². The molecule has 106 valence electrons. The van der Waals surface area contributed by atoms with Gasteiger partial charge in [-0.3, -0.25) is 4.79 Å². The molecule has 1 aliphatic rings. The number of hydrogen-bond acceptors (Lipinski definition) is 5. The summed E-state index contributed by atoms with van der Waals surface area (Å²) in [6.45, 7) is 4.49. The van der Waals surface area contributed by atoms with Crippen LogP contribution in [0.15, 0.2) is 30.5 Å². The van der Waals surface area contributed by atoms with Crippen LogP contribution in [0.5, 0.6) is 0 Å². The van der Waals surface area contributed by atoms with Crippen LogP contribution in [-0.4, -0.2) is 46.9 Å². The van der Waals surface area contributed by atoms with Gasteiger partial charge < -0.3 is 19.9 Å². The van der Waals surface area contributed by atoms with Crippen LogP contribution in [0.25, 0.3) is 0 Å². The lowest BCUT2D eigenvalue weighted by Gasteiger charge is -2.35. The molecule has 0 aliphatic carbocycles. The van der Waals surface area contributed by atoms with Crippen LogP contribution >= 0.6 is 0 Å². The molecule has 0 N–H and O–H groups in total. The number of rotatable bonds is 3. The fourth-order valence-corrected chi connectivity index (χ4v) is 2.11. The molecule has 7 heteroatoms. The summed E-state index contributed by atoms with van der Waals surface area (Å²) in [5.74, 6) is -0.135. The first-order valence-corrected chi connectivity index (χ1v) is 6.39. The minimum absolute atomic E-state index is 0.0222. The summed E-state index contributed by atoms with van der Waals surface area (Å²) in [4.78, 5) is 29.4. The van der Waals surface area contributed by atoms with Gasteiger partial charge in [0.25, 0.3) is 0 Å². The quantitative estimate of drug-likeness (QED) is 0.471. The Hall–Kier alpha value is -2.44. The van der Waals surface area contributed by atoms with Crippen LogP contribution in [0.4, 0.5) is 11.5 Å². The van der Waals surface area contributed by atoms with E-state index in [1.807, 2.05) is 6.92 Å². The predicted molar refractivity (Wildman–Crippen MR) is 74.5 cm³/mol. The Morgan fingerprint density at radius 3 is 2.55 bits per heavy atom. The van der Waals surface area contributed by atoms with Crippen molar-refractivity contribution in [2.24, 2.45) is 0 Å². The van der Waals surface area contributed by atoms with Gasteiger partial charge in [0.15, 0.2) is 6.20 Å². The molecule has 2 heterocycles. The van der Waals surface area contributed by atoms with Crippen molar-refractivity contribution in [3.8, 4) is 0 Å². The minimum Gasteiger partial charge on any atom is -0.365 e. The monoisotopic (exact) mass is 276 g/mol. The third kappa shape index (κ3) is 3.11. The molecule has 1 aromatic rings. The smallest absolute Gasteiger partial charge is 0.363 e. The number of anilines is 1. The summed E-state index contributed by atoms with van der Waals surface area (Å²) < 4.78 is 0. The van der Waals surface area contributed by atoms with Gasteiger partial charge in [-0.15, -0.1) is 0 Å². The van der Waals surface area contributed by atoms with E-state index in [1.165, 1.54) is 12.3 Å². The number of pyridine rings is 1. The van der Waals surface area contributed by atoms with E-state index in [0.717, 1.165) is 5.69 Å². The summed E-state index contributed by atoms with van der Waals surface area (Å²) in [5.41, 5.74) is 0.841. The van der Waals surface area contributed by atoms with Crippen LogP contribution in [0.2, 0.25) is 0 Å². The summed E-state index contributed by atoms with van der Waals surface area (Å²) in [6.07, 6.45) is 4.79. The van der Waals surface area contributed by atoms with Crippen LogP contribution in [-0.2, 0) is 4.79 Å². The van der Waals surface area contributed by atoms with Crippen molar-refractivity contribution in [2.75, 3.05) is 31.1 Å². The molecule has 0 unspecified atom stereocenters. The maximum Gasteiger partial charge on any atom is 0.363 e. The van der Waals surface area contributed by atoms with Crippen LogP contribution in [0.1, 0.15) is 6.92 Å². The van der Waals surface area contributed by atoms with E-state index in [9.17, 15) is 14.9 Å². The zero-order valence-corrected chi connectivity index (χ0v) is 11.2. The Morgan fingerprint density at radius 2 is 2.05 bits per heavy atom. The molecule has 1 fully saturated rings. The van der Waals surface area contributed by atoms with E-state index in [2.05, 4.69) is 9.88 Å². The van der Waals surface area contributed by atoms with Crippen molar-refractivity contribution in [1.29, 1.82) is 0 Å². The predicted octanol–water partition coefficient (Wildman–Crippen LogP) is 1.21. The first-order valence-electron chi connectivity index (χ1n) is 6.39. The first kappa shape index (κ1) is 14.0. The van der Waals surface area contributed by atoms with Gasteiger partial charge in [0.05, 0.1) is 5.69 Å². The highest BCUT2D eigenvalue weighted by Gasteiger charge is 2.20. The SMILES string of the molecule is C/C=C/C(=O)N1CCN(c2ccc([N+](=O)[O-])nc2)CC1. The highest BCUT2D eigenvalue weighted by molar-refractivity contribution is 5.87. The highest BCUT2D eigenvalue weighted by atomic mass is 16.6. The molecule has 0 bridgehead atoms. The molecule has 0 saturated carbocycles. The molecular weight excluding hydrogens is 260 g/mol. The Kier molecular flexibility index (Phi) is 4.29. The molecular formula is C13H16N4O3. The summed E-state index contributed by atoms with van der Waals surface area (Å²) in [7, 11) is 0. The second kappa shape index (κ2) is 6.14. The number of carbonyl (C=O) groups is 1. The van der Waals surface area contributed by atoms with Gasteiger partial charge in [-0.2, -0.15) is 0 Å². The fourth-order valence-electron chi connectivity index (χ4n) is 2.11. The lowest BCUT2D eigenvalue weighted by molar-refractivity contribution is -0.389. The number of hydrogen-bond donors (Lipinski definition) is 0. The van der Waals surface area contributed by atoms with Gasteiger partial charge in [-0.1, -0.05) is 6.08 Å². The number of piperazine rings is 1. The molecule has 1 saturated heterocycles. The van der Waals surface area contributed by atoms with Crippen molar-refractivity contribution in [1.82, 2.24) is 9.88 Å². The van der Waals surface area contributed by atoms with Gasteiger partial charge in [-0.05, 0) is 29.0 Å². The zero-order chi connectivity index (χ0) is 14.5. The second-order valence-electron chi connectivity index (χ2n) is 4.44. The van der Waals surface area contributed by atoms with Gasteiger partial charge in [0, 0.05) is 32.2 Å². The summed E-state index contributed by atoms with van der Waals surface area (Å²) in [6, 6.07) is 3.08. The van der Waals surface area contributed by atoms with E-state index in [0.29, 0.717) is 26.2 Å². The summed E-state index contributed by atoms with van der Waals surface area (Å²) in [5, 5.41) is 10.5. The first-order chi connectivity index (χ1) is 9.61. The topological polar surface area (TPSA) is 79.6 Å². The number of aromatic nitrogens is 1. The normalized spacial score (nSPS) is 15.7. The van der Waals surface area contributed by atoms with E-state index >= 15 is 0 Å². The largest absolute Gasteiger partial charge is 0.365 e. The van der Waals surface area contributed by atoms with Crippen molar-refractivity contribution in [2.45, 2.75) is 6.92 Å². The third-order valence-electron chi connectivity index (χ3n) is 3.19. The molecule has 0 radical (unpaired) electrons. The Balaban J connectivity index is 1.96. The molecule has 0 spiro atoms. The molecule has 1 aliphatic heterocycles. The maximum atomic E-state index is 11.7. The van der Waals surface area contributed by atoms with Crippen LogP contribution in [0.3, 0.4) is 0 Å². The molecule has 0 aromatic carbocycles. The Morgan fingerprint density at radius 1 is 1.35 bits per heavy atom. The van der Waals surface area contributed by atoms with E-state index in [-0.39, 0.29) is 11.7 Å². The molecule has 7 nitrogen and oxygen atoms in total. The van der Waals surface area contributed by atoms with E-state index < -0.39 is 4.92 Å². The van der Waals surface area contributed by atoms with Crippen molar-refractivity contribution >= 4 is 17.4 Å². The van der Waals surface area contributed by atoms with Gasteiger partial charge in [0.2, 0.25) is 5.91 Å².